The highest BCUT2D eigenvalue weighted by Crippen LogP contribution is 2.18. The van der Waals surface area contributed by atoms with Crippen LogP contribution >= 0.6 is 0 Å². The number of amides is 2. The average Bonchev–Trinajstić information content (AvgIpc) is 3.16. The van der Waals surface area contributed by atoms with Crippen LogP contribution in [-0.2, 0) is 19.5 Å². The third-order valence-electron chi connectivity index (χ3n) is 4.90. The van der Waals surface area contributed by atoms with Crippen LogP contribution in [0.3, 0.4) is 0 Å². The molecule has 2 heterocycles. The fraction of sp³-hybridized carbons (Fsp3) is 0.526. The number of hydrogen-bond donors (Lipinski definition) is 2. The van der Waals surface area contributed by atoms with Crippen LogP contribution in [0.4, 0.5) is 4.79 Å². The van der Waals surface area contributed by atoms with E-state index >= 15 is 0 Å². The molecule has 1 atom stereocenters. The summed E-state index contributed by atoms with van der Waals surface area (Å²) in [5.41, 5.74) is 7.54. The lowest BCUT2D eigenvalue weighted by Crippen LogP contribution is -2.46. The van der Waals surface area contributed by atoms with Gasteiger partial charge in [0.15, 0.2) is 0 Å². The Hall–Kier alpha value is -2.61. The summed E-state index contributed by atoms with van der Waals surface area (Å²) < 4.78 is 6.99. The van der Waals surface area contributed by atoms with Crippen molar-refractivity contribution in [3.8, 4) is 5.75 Å². The maximum atomic E-state index is 12.5. The van der Waals surface area contributed by atoms with Gasteiger partial charge in [0, 0.05) is 38.9 Å². The van der Waals surface area contributed by atoms with E-state index in [9.17, 15) is 4.79 Å². The Morgan fingerprint density at radius 3 is 2.89 bits per heavy atom. The molecule has 3 rings (SSSR count). The Bertz CT molecular complexity index is 730. The van der Waals surface area contributed by atoms with Crippen molar-refractivity contribution in [2.24, 2.45) is 11.7 Å². The van der Waals surface area contributed by atoms with E-state index in [4.69, 9.17) is 10.5 Å². The summed E-state index contributed by atoms with van der Waals surface area (Å²) in [7, 11) is 1.65. The molecule has 1 fully saturated rings. The maximum Gasteiger partial charge on any atom is 0.317 e. The number of methoxy groups -OCH3 is 1. The van der Waals surface area contributed by atoms with Gasteiger partial charge in [0.2, 0.25) is 0 Å². The third kappa shape index (κ3) is 5.43. The number of hydrogen-bond acceptors (Lipinski definition) is 5. The molecular formula is C19H28N6O2. The average molecular weight is 372 g/mol. The van der Waals surface area contributed by atoms with Gasteiger partial charge in [-0.1, -0.05) is 17.3 Å². The minimum Gasteiger partial charge on any atom is -0.497 e. The molecule has 0 bridgehead atoms. The number of nitrogens with one attached hydrogen (secondary N) is 1. The number of urea groups is 1. The van der Waals surface area contributed by atoms with E-state index in [0.29, 0.717) is 19.0 Å². The van der Waals surface area contributed by atoms with Crippen LogP contribution in [0.1, 0.15) is 24.1 Å². The SMILES string of the molecule is COc1ccc(CCNC(=O)N2CCC[C@@H](Cn3cc(CN)nn3)C2)cc1. The molecule has 1 saturated heterocycles. The topological polar surface area (TPSA) is 98.3 Å². The van der Waals surface area contributed by atoms with E-state index in [0.717, 1.165) is 50.3 Å². The number of benzene rings is 1. The molecule has 146 valence electrons. The molecule has 1 aliphatic rings. The summed E-state index contributed by atoms with van der Waals surface area (Å²) in [6.07, 6.45) is 4.78. The van der Waals surface area contributed by atoms with Gasteiger partial charge in [0.1, 0.15) is 5.75 Å². The van der Waals surface area contributed by atoms with Crippen molar-refractivity contribution in [1.82, 2.24) is 25.2 Å². The molecule has 1 aromatic carbocycles. The van der Waals surface area contributed by atoms with E-state index in [1.807, 2.05) is 40.0 Å². The number of piperidine rings is 1. The Kier molecular flexibility index (Phi) is 6.64. The predicted molar refractivity (Wildman–Crippen MR) is 102 cm³/mol. The van der Waals surface area contributed by atoms with Crippen molar-refractivity contribution in [3.05, 3.63) is 41.7 Å². The molecule has 8 heteroatoms. The summed E-state index contributed by atoms with van der Waals surface area (Å²) in [6, 6.07) is 7.93. The van der Waals surface area contributed by atoms with Crippen molar-refractivity contribution in [1.29, 1.82) is 0 Å². The van der Waals surface area contributed by atoms with Gasteiger partial charge in [-0.15, -0.1) is 5.10 Å². The van der Waals surface area contributed by atoms with Crippen molar-refractivity contribution in [2.45, 2.75) is 32.4 Å². The molecule has 0 aliphatic carbocycles. The zero-order valence-electron chi connectivity index (χ0n) is 15.8. The number of nitrogens with two attached hydrogens (primary N) is 1. The highest BCUT2D eigenvalue weighted by atomic mass is 16.5. The quantitative estimate of drug-likeness (QED) is 0.766. The molecule has 0 radical (unpaired) electrons. The van der Waals surface area contributed by atoms with Gasteiger partial charge in [0.05, 0.1) is 12.8 Å². The second kappa shape index (κ2) is 9.36. The van der Waals surface area contributed by atoms with Crippen molar-refractivity contribution in [2.75, 3.05) is 26.7 Å². The molecular weight excluding hydrogens is 344 g/mol. The molecule has 1 aromatic heterocycles. The normalized spacial score (nSPS) is 17.0. The van der Waals surface area contributed by atoms with Crippen LogP contribution in [0, 0.1) is 5.92 Å². The fourth-order valence-corrected chi connectivity index (χ4v) is 3.40. The Labute approximate surface area is 159 Å². The zero-order chi connectivity index (χ0) is 19.1. The lowest BCUT2D eigenvalue weighted by Gasteiger charge is -2.32. The van der Waals surface area contributed by atoms with E-state index in [1.165, 1.54) is 5.56 Å². The number of carbonyl (C=O) groups is 1. The molecule has 8 nitrogen and oxygen atoms in total. The summed E-state index contributed by atoms with van der Waals surface area (Å²) in [6.45, 7) is 3.33. The van der Waals surface area contributed by atoms with E-state index < -0.39 is 0 Å². The number of aromatic nitrogens is 3. The Morgan fingerprint density at radius 2 is 2.19 bits per heavy atom. The number of carbonyl (C=O) groups excluding carboxylic acids is 1. The first-order valence-corrected chi connectivity index (χ1v) is 9.42. The van der Waals surface area contributed by atoms with Crippen molar-refractivity contribution >= 4 is 6.03 Å². The van der Waals surface area contributed by atoms with Gasteiger partial charge in [0.25, 0.3) is 0 Å². The molecule has 27 heavy (non-hydrogen) atoms. The number of nitrogens with zero attached hydrogens (tertiary/aromatic N) is 4. The lowest BCUT2D eigenvalue weighted by molar-refractivity contribution is 0.157. The summed E-state index contributed by atoms with van der Waals surface area (Å²) in [5, 5.41) is 11.2. The Morgan fingerprint density at radius 1 is 1.37 bits per heavy atom. The molecule has 2 aromatic rings. The summed E-state index contributed by atoms with van der Waals surface area (Å²) in [5.74, 6) is 1.23. The first kappa shape index (κ1) is 19.2. The molecule has 0 saturated carbocycles. The van der Waals surface area contributed by atoms with Crippen LogP contribution in [0.2, 0.25) is 0 Å². The van der Waals surface area contributed by atoms with E-state index in [1.54, 1.807) is 7.11 Å². The van der Waals surface area contributed by atoms with Crippen LogP contribution in [0.25, 0.3) is 0 Å². The van der Waals surface area contributed by atoms with Crippen molar-refractivity contribution in [3.63, 3.8) is 0 Å². The van der Waals surface area contributed by atoms with Crippen LogP contribution in [0.15, 0.2) is 30.5 Å². The number of rotatable bonds is 7. The van der Waals surface area contributed by atoms with Gasteiger partial charge >= 0.3 is 6.03 Å². The summed E-state index contributed by atoms with van der Waals surface area (Å²) >= 11 is 0. The van der Waals surface area contributed by atoms with Crippen molar-refractivity contribution < 1.29 is 9.53 Å². The number of likely N-dealkylation sites (tertiary alicyclic amines) is 1. The fourth-order valence-electron chi connectivity index (χ4n) is 3.40. The second-order valence-electron chi connectivity index (χ2n) is 6.92. The van der Waals surface area contributed by atoms with Crippen LogP contribution in [-0.4, -0.2) is 52.7 Å². The van der Waals surface area contributed by atoms with E-state index in [-0.39, 0.29) is 6.03 Å². The second-order valence-corrected chi connectivity index (χ2v) is 6.92. The molecule has 1 aliphatic heterocycles. The first-order valence-electron chi connectivity index (χ1n) is 9.42. The highest BCUT2D eigenvalue weighted by molar-refractivity contribution is 5.74. The van der Waals surface area contributed by atoms with Gasteiger partial charge in [-0.05, 0) is 42.9 Å². The van der Waals surface area contributed by atoms with Gasteiger partial charge < -0.3 is 20.7 Å². The maximum absolute atomic E-state index is 12.5. The first-order chi connectivity index (χ1) is 13.2. The van der Waals surface area contributed by atoms with E-state index in [2.05, 4.69) is 15.6 Å². The largest absolute Gasteiger partial charge is 0.497 e. The third-order valence-corrected chi connectivity index (χ3v) is 4.90. The lowest BCUT2D eigenvalue weighted by atomic mass is 9.98. The minimum atomic E-state index is 0.00875. The highest BCUT2D eigenvalue weighted by Gasteiger charge is 2.24. The monoisotopic (exact) mass is 372 g/mol. The van der Waals surface area contributed by atoms with Gasteiger partial charge in [-0.25, -0.2) is 4.79 Å². The van der Waals surface area contributed by atoms with Crippen LogP contribution < -0.4 is 15.8 Å². The number of ether oxygens (including phenoxy) is 1. The minimum absolute atomic E-state index is 0.00875. The smallest absolute Gasteiger partial charge is 0.317 e. The zero-order valence-corrected chi connectivity index (χ0v) is 15.8. The summed E-state index contributed by atoms with van der Waals surface area (Å²) in [4.78, 5) is 14.4. The van der Waals surface area contributed by atoms with Gasteiger partial charge in [-0.3, -0.25) is 4.68 Å². The standard InChI is InChI=1S/C19H28N6O2/c1-27-18-6-4-15(5-7-18)8-9-21-19(26)24-10-2-3-16(12-24)13-25-14-17(11-20)22-23-25/h4-7,14,16H,2-3,8-13,20H2,1H3,(H,21,26)/t16-/m1/s1. The Balaban J connectivity index is 1.43. The molecule has 3 N–H and O–H groups in total. The molecule has 0 spiro atoms. The molecule has 0 unspecified atom stereocenters. The molecule has 2 amide bonds. The van der Waals surface area contributed by atoms with Crippen LogP contribution in [0.5, 0.6) is 5.75 Å². The van der Waals surface area contributed by atoms with Gasteiger partial charge in [-0.2, -0.15) is 0 Å². The predicted octanol–water partition coefficient (Wildman–Crippen LogP) is 1.41.